The van der Waals surface area contributed by atoms with E-state index >= 15 is 0 Å². The zero-order valence-electron chi connectivity index (χ0n) is 13.6. The van der Waals surface area contributed by atoms with Gasteiger partial charge in [0.2, 0.25) is 0 Å². The number of anilines is 1. The number of nitrogens with one attached hydrogen (secondary N) is 2. The summed E-state index contributed by atoms with van der Waals surface area (Å²) in [7, 11) is 0. The fourth-order valence-corrected chi connectivity index (χ4v) is 3.28. The van der Waals surface area contributed by atoms with Crippen LogP contribution in [0.4, 0.5) is 5.69 Å². The maximum atomic E-state index is 12.6. The third-order valence-corrected chi connectivity index (χ3v) is 4.53. The topological polar surface area (TPSA) is 76.2 Å². The largest absolute Gasteiger partial charge is 0.490 e. The Labute approximate surface area is 140 Å². The van der Waals surface area contributed by atoms with Crippen LogP contribution in [0.25, 0.3) is 0 Å². The van der Waals surface area contributed by atoms with Crippen LogP contribution in [0.15, 0.2) is 18.2 Å². The second-order valence-electron chi connectivity index (χ2n) is 6.26. The smallest absolute Gasteiger partial charge is 0.276 e. The SMILES string of the molecule is O=C(Nc1ccc2c(c1)OCCCO2)c1n[nH]c2c1CCCCC2. The Morgan fingerprint density at radius 3 is 2.79 bits per heavy atom. The zero-order valence-corrected chi connectivity index (χ0v) is 13.6. The molecule has 1 aliphatic carbocycles. The van der Waals surface area contributed by atoms with Crippen LogP contribution in [-0.2, 0) is 12.8 Å². The maximum Gasteiger partial charge on any atom is 0.276 e. The second-order valence-corrected chi connectivity index (χ2v) is 6.26. The number of carbonyl (C=O) groups is 1. The number of benzene rings is 1. The number of aryl methyl sites for hydroxylation is 1. The van der Waals surface area contributed by atoms with Gasteiger partial charge in [-0.1, -0.05) is 6.42 Å². The third-order valence-electron chi connectivity index (χ3n) is 4.53. The van der Waals surface area contributed by atoms with Gasteiger partial charge in [0, 0.05) is 29.4 Å². The Morgan fingerprint density at radius 2 is 1.88 bits per heavy atom. The molecule has 0 atom stereocenters. The lowest BCUT2D eigenvalue weighted by molar-refractivity contribution is 0.102. The Hall–Kier alpha value is -2.50. The zero-order chi connectivity index (χ0) is 16.4. The fourth-order valence-electron chi connectivity index (χ4n) is 3.28. The van der Waals surface area contributed by atoms with E-state index in [1.807, 2.05) is 18.2 Å². The van der Waals surface area contributed by atoms with E-state index in [0.29, 0.717) is 30.3 Å². The molecule has 2 N–H and O–H groups in total. The molecule has 2 heterocycles. The monoisotopic (exact) mass is 327 g/mol. The van der Waals surface area contributed by atoms with E-state index in [-0.39, 0.29) is 5.91 Å². The molecule has 1 amide bonds. The molecule has 0 fully saturated rings. The van der Waals surface area contributed by atoms with Gasteiger partial charge in [-0.15, -0.1) is 0 Å². The first-order valence-corrected chi connectivity index (χ1v) is 8.58. The first-order valence-electron chi connectivity index (χ1n) is 8.58. The maximum absolute atomic E-state index is 12.6. The van der Waals surface area contributed by atoms with Crippen molar-refractivity contribution >= 4 is 11.6 Å². The number of ether oxygens (including phenoxy) is 2. The Morgan fingerprint density at radius 1 is 1.04 bits per heavy atom. The number of fused-ring (bicyclic) bond motifs is 2. The van der Waals surface area contributed by atoms with Gasteiger partial charge in [-0.3, -0.25) is 9.89 Å². The van der Waals surface area contributed by atoms with Crippen LogP contribution in [0.5, 0.6) is 11.5 Å². The van der Waals surface area contributed by atoms with Gasteiger partial charge in [0.1, 0.15) is 0 Å². The molecule has 2 aliphatic rings. The van der Waals surface area contributed by atoms with E-state index < -0.39 is 0 Å². The van der Waals surface area contributed by atoms with E-state index in [1.165, 1.54) is 6.42 Å². The van der Waals surface area contributed by atoms with Crippen molar-refractivity contribution in [1.82, 2.24) is 10.2 Å². The first kappa shape index (κ1) is 15.1. The van der Waals surface area contributed by atoms with E-state index in [4.69, 9.17) is 9.47 Å². The van der Waals surface area contributed by atoms with Crippen molar-refractivity contribution in [2.75, 3.05) is 18.5 Å². The summed E-state index contributed by atoms with van der Waals surface area (Å²) >= 11 is 0. The van der Waals surface area contributed by atoms with Crippen molar-refractivity contribution in [3.05, 3.63) is 35.2 Å². The summed E-state index contributed by atoms with van der Waals surface area (Å²) in [5, 5.41) is 10.2. The van der Waals surface area contributed by atoms with Gasteiger partial charge in [0.05, 0.1) is 13.2 Å². The van der Waals surface area contributed by atoms with E-state index in [9.17, 15) is 4.79 Å². The Balaban J connectivity index is 1.54. The molecule has 0 radical (unpaired) electrons. The van der Waals surface area contributed by atoms with Gasteiger partial charge in [0.25, 0.3) is 5.91 Å². The van der Waals surface area contributed by atoms with Gasteiger partial charge in [0.15, 0.2) is 17.2 Å². The molecule has 0 unspecified atom stereocenters. The summed E-state index contributed by atoms with van der Waals surface area (Å²) < 4.78 is 11.3. The molecule has 4 rings (SSSR count). The van der Waals surface area contributed by atoms with Crippen molar-refractivity contribution in [3.8, 4) is 11.5 Å². The number of carbonyl (C=O) groups excluding carboxylic acids is 1. The number of nitrogens with zero attached hydrogens (tertiary/aromatic N) is 1. The molecule has 24 heavy (non-hydrogen) atoms. The average Bonchev–Trinajstić information content (AvgIpc) is 2.77. The van der Waals surface area contributed by atoms with E-state index in [1.54, 1.807) is 0 Å². The van der Waals surface area contributed by atoms with Gasteiger partial charge in [-0.05, 0) is 37.8 Å². The Kier molecular flexibility index (Phi) is 4.11. The molecule has 126 valence electrons. The van der Waals surface area contributed by atoms with Gasteiger partial charge in [-0.25, -0.2) is 0 Å². The molecule has 1 aromatic carbocycles. The highest BCUT2D eigenvalue weighted by Crippen LogP contribution is 2.32. The van der Waals surface area contributed by atoms with Crippen LogP contribution in [-0.4, -0.2) is 29.3 Å². The molecular weight excluding hydrogens is 306 g/mol. The van der Waals surface area contributed by atoms with Crippen molar-refractivity contribution in [3.63, 3.8) is 0 Å². The minimum absolute atomic E-state index is 0.177. The third kappa shape index (κ3) is 2.96. The molecule has 0 spiro atoms. The first-order chi connectivity index (χ1) is 11.8. The lowest BCUT2D eigenvalue weighted by atomic mass is 10.1. The number of hydrogen-bond acceptors (Lipinski definition) is 4. The molecule has 1 aromatic heterocycles. The van der Waals surface area contributed by atoms with Crippen molar-refractivity contribution in [1.29, 1.82) is 0 Å². The summed E-state index contributed by atoms with van der Waals surface area (Å²) in [6.07, 6.45) is 6.20. The number of amides is 1. The number of H-pyrrole nitrogens is 1. The summed E-state index contributed by atoms with van der Waals surface area (Å²) in [6, 6.07) is 5.47. The summed E-state index contributed by atoms with van der Waals surface area (Å²) in [5.41, 5.74) is 3.38. The van der Waals surface area contributed by atoms with Crippen molar-refractivity contribution in [2.24, 2.45) is 0 Å². The van der Waals surface area contributed by atoms with E-state index in [2.05, 4.69) is 15.5 Å². The second kappa shape index (κ2) is 6.55. The minimum atomic E-state index is -0.177. The molecule has 0 saturated carbocycles. The summed E-state index contributed by atoms with van der Waals surface area (Å²) in [5.74, 6) is 1.22. The van der Waals surface area contributed by atoms with Gasteiger partial charge >= 0.3 is 0 Å². The van der Waals surface area contributed by atoms with Crippen LogP contribution in [0.1, 0.15) is 47.4 Å². The van der Waals surface area contributed by atoms with Crippen LogP contribution in [0.2, 0.25) is 0 Å². The van der Waals surface area contributed by atoms with Crippen LogP contribution in [0, 0.1) is 0 Å². The van der Waals surface area contributed by atoms with Crippen molar-refractivity contribution in [2.45, 2.75) is 38.5 Å². The molecule has 0 saturated heterocycles. The molecule has 1 aliphatic heterocycles. The van der Waals surface area contributed by atoms with Gasteiger partial charge in [-0.2, -0.15) is 5.10 Å². The summed E-state index contributed by atoms with van der Waals surface area (Å²) in [4.78, 5) is 12.6. The number of rotatable bonds is 2. The van der Waals surface area contributed by atoms with E-state index in [0.717, 1.165) is 49.1 Å². The lowest BCUT2D eigenvalue weighted by Gasteiger charge is -2.10. The molecule has 6 heteroatoms. The highest BCUT2D eigenvalue weighted by atomic mass is 16.5. The quantitative estimate of drug-likeness (QED) is 0.831. The van der Waals surface area contributed by atoms with Crippen LogP contribution in [0.3, 0.4) is 0 Å². The minimum Gasteiger partial charge on any atom is -0.490 e. The van der Waals surface area contributed by atoms with Crippen LogP contribution >= 0.6 is 0 Å². The summed E-state index contributed by atoms with van der Waals surface area (Å²) in [6.45, 7) is 1.27. The average molecular weight is 327 g/mol. The molecule has 0 bridgehead atoms. The Bertz CT molecular complexity index is 754. The predicted molar refractivity (Wildman–Crippen MR) is 89.8 cm³/mol. The molecular formula is C18H21N3O3. The van der Waals surface area contributed by atoms with Crippen molar-refractivity contribution < 1.29 is 14.3 Å². The molecule has 2 aromatic rings. The normalized spacial score (nSPS) is 16.7. The fraction of sp³-hybridized carbons (Fsp3) is 0.444. The van der Waals surface area contributed by atoms with Crippen LogP contribution < -0.4 is 14.8 Å². The highest BCUT2D eigenvalue weighted by molar-refractivity contribution is 6.04. The highest BCUT2D eigenvalue weighted by Gasteiger charge is 2.21. The lowest BCUT2D eigenvalue weighted by Crippen LogP contribution is -2.14. The van der Waals surface area contributed by atoms with Gasteiger partial charge < -0.3 is 14.8 Å². The standard InChI is InChI=1S/C18H21N3O3/c22-18(17-13-5-2-1-3-6-14(13)20-21-17)19-12-7-8-15-16(11-12)24-10-4-9-23-15/h7-8,11H,1-6,9-10H2,(H,19,22)(H,20,21). The predicted octanol–water partition coefficient (Wildman–Crippen LogP) is 3.09. The number of hydrogen-bond donors (Lipinski definition) is 2. The number of aromatic nitrogens is 2. The molecule has 6 nitrogen and oxygen atoms in total. The number of aromatic amines is 1.